The van der Waals surface area contributed by atoms with Gasteiger partial charge in [-0.2, -0.15) is 0 Å². The SMILES string of the molecule is Cc1cc(C)cc(NC(=O)c2ccnc(NCCc3cccc(Cl)c3)n2)c1. The second-order valence-corrected chi connectivity index (χ2v) is 6.84. The van der Waals surface area contributed by atoms with Crippen molar-refractivity contribution in [2.45, 2.75) is 20.3 Å². The van der Waals surface area contributed by atoms with Crippen molar-refractivity contribution in [3.05, 3.63) is 82.1 Å². The fourth-order valence-corrected chi connectivity index (χ4v) is 3.04. The largest absolute Gasteiger partial charge is 0.354 e. The topological polar surface area (TPSA) is 66.9 Å². The van der Waals surface area contributed by atoms with Gasteiger partial charge in [-0.25, -0.2) is 9.97 Å². The third-order valence-corrected chi connectivity index (χ3v) is 4.19. The van der Waals surface area contributed by atoms with Gasteiger partial charge in [0.05, 0.1) is 0 Å². The maximum atomic E-state index is 12.5. The van der Waals surface area contributed by atoms with Crippen LogP contribution in [0.4, 0.5) is 11.6 Å². The van der Waals surface area contributed by atoms with E-state index in [0.29, 0.717) is 23.2 Å². The Bertz CT molecular complexity index is 938. The normalized spacial score (nSPS) is 10.5. The van der Waals surface area contributed by atoms with Crippen LogP contribution in [0.3, 0.4) is 0 Å². The van der Waals surface area contributed by atoms with Gasteiger partial charge < -0.3 is 10.6 Å². The number of carbonyl (C=O) groups excluding carboxylic acids is 1. The maximum Gasteiger partial charge on any atom is 0.274 e. The van der Waals surface area contributed by atoms with E-state index in [1.165, 1.54) is 0 Å². The van der Waals surface area contributed by atoms with Gasteiger partial charge in [0.2, 0.25) is 5.95 Å². The first kappa shape index (κ1) is 18.9. The highest BCUT2D eigenvalue weighted by molar-refractivity contribution is 6.30. The Kier molecular flexibility index (Phi) is 6.04. The predicted octanol–water partition coefficient (Wildman–Crippen LogP) is 4.65. The van der Waals surface area contributed by atoms with Crippen molar-refractivity contribution in [2.24, 2.45) is 0 Å². The average molecular weight is 381 g/mol. The molecule has 0 saturated carbocycles. The highest BCUT2D eigenvalue weighted by Crippen LogP contribution is 2.15. The first-order chi connectivity index (χ1) is 13.0. The average Bonchev–Trinajstić information content (AvgIpc) is 2.61. The molecule has 6 heteroatoms. The standard InChI is InChI=1S/C21H21ClN4O/c1-14-10-15(2)12-18(11-14)25-20(27)19-7-9-24-21(26-19)23-8-6-16-4-3-5-17(22)13-16/h3-5,7,9-13H,6,8H2,1-2H3,(H,25,27)(H,23,24,26). The summed E-state index contributed by atoms with van der Waals surface area (Å²) < 4.78 is 0. The molecule has 2 aromatic carbocycles. The summed E-state index contributed by atoms with van der Waals surface area (Å²) in [4.78, 5) is 21.0. The Morgan fingerprint density at radius 1 is 1.07 bits per heavy atom. The van der Waals surface area contributed by atoms with Crippen molar-refractivity contribution >= 4 is 29.1 Å². The summed E-state index contributed by atoms with van der Waals surface area (Å²) in [6.07, 6.45) is 2.36. The quantitative estimate of drug-likeness (QED) is 0.653. The summed E-state index contributed by atoms with van der Waals surface area (Å²) in [5.74, 6) is 0.158. The predicted molar refractivity (Wildman–Crippen MR) is 110 cm³/mol. The molecule has 0 aliphatic heterocycles. The number of anilines is 2. The molecule has 0 atom stereocenters. The molecule has 0 fully saturated rings. The van der Waals surface area contributed by atoms with Crippen LogP contribution in [0, 0.1) is 13.8 Å². The van der Waals surface area contributed by atoms with E-state index in [0.717, 1.165) is 28.8 Å². The van der Waals surface area contributed by atoms with Gasteiger partial charge in [0.25, 0.3) is 5.91 Å². The second kappa shape index (κ2) is 8.64. The maximum absolute atomic E-state index is 12.5. The summed E-state index contributed by atoms with van der Waals surface area (Å²) in [5, 5.41) is 6.74. The number of nitrogens with one attached hydrogen (secondary N) is 2. The fraction of sp³-hybridized carbons (Fsp3) is 0.190. The van der Waals surface area contributed by atoms with E-state index in [-0.39, 0.29) is 5.91 Å². The summed E-state index contributed by atoms with van der Waals surface area (Å²) in [6.45, 7) is 4.63. The van der Waals surface area contributed by atoms with Gasteiger partial charge in [-0.05, 0) is 67.3 Å². The van der Waals surface area contributed by atoms with Crippen molar-refractivity contribution in [1.82, 2.24) is 9.97 Å². The zero-order chi connectivity index (χ0) is 19.2. The number of aryl methyl sites for hydroxylation is 2. The van der Waals surface area contributed by atoms with Crippen LogP contribution in [0.5, 0.6) is 0 Å². The number of halogens is 1. The molecule has 0 unspecified atom stereocenters. The van der Waals surface area contributed by atoms with Crippen molar-refractivity contribution in [3.8, 4) is 0 Å². The Hall–Kier alpha value is -2.92. The minimum atomic E-state index is -0.264. The number of nitrogens with zero attached hydrogens (tertiary/aromatic N) is 2. The molecule has 27 heavy (non-hydrogen) atoms. The first-order valence-corrected chi connectivity index (χ1v) is 9.08. The van der Waals surface area contributed by atoms with Crippen LogP contribution >= 0.6 is 11.6 Å². The number of amides is 1. The van der Waals surface area contributed by atoms with Crippen LogP contribution in [0.25, 0.3) is 0 Å². The van der Waals surface area contributed by atoms with Gasteiger partial charge in [-0.3, -0.25) is 4.79 Å². The smallest absolute Gasteiger partial charge is 0.274 e. The van der Waals surface area contributed by atoms with Crippen LogP contribution in [0.15, 0.2) is 54.7 Å². The molecule has 1 aromatic heterocycles. The lowest BCUT2D eigenvalue weighted by molar-refractivity contribution is 0.102. The lowest BCUT2D eigenvalue weighted by Crippen LogP contribution is -2.16. The molecule has 3 rings (SSSR count). The molecule has 0 spiro atoms. The summed E-state index contributed by atoms with van der Waals surface area (Å²) in [5.41, 5.74) is 4.38. The summed E-state index contributed by atoms with van der Waals surface area (Å²) >= 11 is 5.99. The summed E-state index contributed by atoms with van der Waals surface area (Å²) in [6, 6.07) is 15.2. The van der Waals surface area contributed by atoms with Crippen LogP contribution in [0.2, 0.25) is 5.02 Å². The van der Waals surface area contributed by atoms with E-state index in [9.17, 15) is 4.79 Å². The van der Waals surface area contributed by atoms with E-state index in [4.69, 9.17) is 11.6 Å². The molecular weight excluding hydrogens is 360 g/mol. The van der Waals surface area contributed by atoms with Crippen molar-refractivity contribution < 1.29 is 4.79 Å². The molecule has 1 amide bonds. The van der Waals surface area contributed by atoms with Gasteiger partial charge in [-0.1, -0.05) is 29.8 Å². The number of hydrogen-bond acceptors (Lipinski definition) is 4. The van der Waals surface area contributed by atoms with Crippen molar-refractivity contribution in [3.63, 3.8) is 0 Å². The molecule has 0 radical (unpaired) electrons. The number of benzene rings is 2. The van der Waals surface area contributed by atoms with E-state index in [1.807, 2.05) is 50.2 Å². The Balaban J connectivity index is 1.61. The number of aromatic nitrogens is 2. The van der Waals surface area contributed by atoms with E-state index in [1.54, 1.807) is 12.3 Å². The molecular formula is C21H21ClN4O. The monoisotopic (exact) mass is 380 g/mol. The third kappa shape index (κ3) is 5.53. The molecule has 5 nitrogen and oxygen atoms in total. The number of hydrogen-bond donors (Lipinski definition) is 2. The number of rotatable bonds is 6. The van der Waals surface area contributed by atoms with Crippen molar-refractivity contribution in [1.29, 1.82) is 0 Å². The Labute approximate surface area is 163 Å². The van der Waals surface area contributed by atoms with Gasteiger partial charge in [0.15, 0.2) is 0 Å². The Morgan fingerprint density at radius 3 is 2.59 bits per heavy atom. The van der Waals surface area contributed by atoms with Crippen LogP contribution in [-0.2, 0) is 6.42 Å². The minimum Gasteiger partial charge on any atom is -0.354 e. The molecule has 2 N–H and O–H groups in total. The third-order valence-electron chi connectivity index (χ3n) is 3.95. The second-order valence-electron chi connectivity index (χ2n) is 6.40. The highest BCUT2D eigenvalue weighted by Gasteiger charge is 2.10. The number of carbonyl (C=O) groups is 1. The zero-order valence-electron chi connectivity index (χ0n) is 15.3. The Morgan fingerprint density at radius 2 is 1.85 bits per heavy atom. The van der Waals surface area contributed by atoms with Crippen LogP contribution in [-0.4, -0.2) is 22.4 Å². The van der Waals surface area contributed by atoms with Crippen molar-refractivity contribution in [2.75, 3.05) is 17.2 Å². The molecule has 0 aliphatic rings. The van der Waals surface area contributed by atoms with Gasteiger partial charge in [-0.15, -0.1) is 0 Å². The lowest BCUT2D eigenvalue weighted by Gasteiger charge is -2.09. The molecule has 1 heterocycles. The first-order valence-electron chi connectivity index (χ1n) is 8.70. The fourth-order valence-electron chi connectivity index (χ4n) is 2.82. The van der Waals surface area contributed by atoms with Crippen LogP contribution in [0.1, 0.15) is 27.2 Å². The summed E-state index contributed by atoms with van der Waals surface area (Å²) in [7, 11) is 0. The lowest BCUT2D eigenvalue weighted by atomic mass is 10.1. The van der Waals surface area contributed by atoms with Gasteiger partial charge in [0, 0.05) is 23.5 Å². The van der Waals surface area contributed by atoms with Gasteiger partial charge >= 0.3 is 0 Å². The van der Waals surface area contributed by atoms with E-state index < -0.39 is 0 Å². The zero-order valence-corrected chi connectivity index (χ0v) is 16.0. The molecule has 0 aliphatic carbocycles. The van der Waals surface area contributed by atoms with E-state index in [2.05, 4.69) is 26.7 Å². The molecule has 138 valence electrons. The highest BCUT2D eigenvalue weighted by atomic mass is 35.5. The van der Waals surface area contributed by atoms with Gasteiger partial charge in [0.1, 0.15) is 5.69 Å². The molecule has 3 aromatic rings. The minimum absolute atomic E-state index is 0.264. The molecule has 0 bridgehead atoms. The molecule has 0 saturated heterocycles. The van der Waals surface area contributed by atoms with Crippen LogP contribution < -0.4 is 10.6 Å². The van der Waals surface area contributed by atoms with E-state index >= 15 is 0 Å².